The van der Waals surface area contributed by atoms with E-state index in [0.717, 1.165) is 38.5 Å². The molecule has 6 saturated heterocycles. The van der Waals surface area contributed by atoms with Gasteiger partial charge in [0, 0.05) is 18.3 Å². The third-order valence-corrected chi connectivity index (χ3v) is 20.0. The summed E-state index contributed by atoms with van der Waals surface area (Å²) in [7, 11) is 0. The molecule has 74 heavy (non-hydrogen) atoms. The van der Waals surface area contributed by atoms with Crippen LogP contribution in [0.4, 0.5) is 0 Å². The van der Waals surface area contributed by atoms with Crippen LogP contribution in [-0.4, -0.2) is 251 Å². The Bertz CT molecular complexity index is 1900. The molecule has 0 aromatic heterocycles. The van der Waals surface area contributed by atoms with Crippen molar-refractivity contribution < 1.29 is 119 Å². The van der Waals surface area contributed by atoms with Gasteiger partial charge >= 0.3 is 0 Å². The normalized spacial score (nSPS) is 58.6. The van der Waals surface area contributed by atoms with Crippen molar-refractivity contribution in [3.8, 4) is 0 Å². The first-order valence-electron chi connectivity index (χ1n) is 26.9. The first kappa shape index (κ1) is 56.3. The molecule has 0 amide bonds. The second kappa shape index (κ2) is 21.5. The van der Waals surface area contributed by atoms with Gasteiger partial charge in [0.05, 0.1) is 57.5 Å². The number of aliphatic hydroxyl groups is 14. The van der Waals surface area contributed by atoms with Crippen LogP contribution in [0.25, 0.3) is 0 Å². The van der Waals surface area contributed by atoms with Crippen LogP contribution in [0.5, 0.6) is 0 Å². The maximum absolute atomic E-state index is 12.3. The molecule has 6 heterocycles. The number of hydrogen-bond acceptors (Lipinski definition) is 24. The van der Waals surface area contributed by atoms with Crippen LogP contribution < -0.4 is 0 Å². The van der Waals surface area contributed by atoms with Gasteiger partial charge in [-0.3, -0.25) is 0 Å². The first-order chi connectivity index (χ1) is 35.1. The SMILES string of the molecule is CC1C2C(O[C@]13CC[C@@H](C)CO3)C(O)C1C3CC[C@H]4C[C@@H](O[C@@H]5O[C@H](CO)[C@H](O[C@@H]6O[C@H](CO)[C@@H](O)[C@H](O[C@@H]7OC[C@@H](O)[C@H](O)[C@H]7O)[C@H]6O[C@@H]6O[C@H](CO)[C@@H](O)[C@H](O)[C@H]6O)[C@H](O)[C@H]5O)[C@H](O)CC4(C)C3CC[C@@]12C. The van der Waals surface area contributed by atoms with E-state index in [2.05, 4.69) is 27.7 Å². The Morgan fingerprint density at radius 2 is 1.14 bits per heavy atom. The van der Waals surface area contributed by atoms with Crippen molar-refractivity contribution in [1.29, 1.82) is 0 Å². The molecule has 33 atom stereocenters. The molecule has 8 unspecified atom stereocenters. The molecule has 0 radical (unpaired) electrons. The molecule has 0 aromatic carbocycles. The fraction of sp³-hybridized carbons (Fsp3) is 1.00. The highest BCUT2D eigenvalue weighted by molar-refractivity contribution is 5.19. The lowest BCUT2D eigenvalue weighted by Crippen LogP contribution is -2.68. The fourth-order valence-electron chi connectivity index (χ4n) is 16.0. The Morgan fingerprint density at radius 3 is 1.82 bits per heavy atom. The second-order valence-electron chi connectivity index (χ2n) is 24.1. The van der Waals surface area contributed by atoms with Crippen LogP contribution in [0.3, 0.4) is 0 Å². The van der Waals surface area contributed by atoms with Crippen LogP contribution in [0.15, 0.2) is 0 Å². The van der Waals surface area contributed by atoms with Crippen LogP contribution >= 0.6 is 0 Å². The Morgan fingerprint density at radius 1 is 0.514 bits per heavy atom. The maximum atomic E-state index is 12.3. The quantitative estimate of drug-likeness (QED) is 0.0870. The minimum Gasteiger partial charge on any atom is -0.394 e. The number of fused-ring (bicyclic) bond motifs is 7. The Labute approximate surface area is 429 Å². The summed E-state index contributed by atoms with van der Waals surface area (Å²) in [5.74, 6) is 0.623. The van der Waals surface area contributed by atoms with E-state index in [9.17, 15) is 71.5 Å². The zero-order valence-electron chi connectivity index (χ0n) is 42.4. The molecule has 426 valence electrons. The lowest BCUT2D eigenvalue weighted by atomic mass is 9.44. The summed E-state index contributed by atoms with van der Waals surface area (Å²) in [6, 6.07) is 0. The van der Waals surface area contributed by atoms with Crippen molar-refractivity contribution in [3.63, 3.8) is 0 Å². The van der Waals surface area contributed by atoms with Gasteiger partial charge in [0.25, 0.3) is 0 Å². The fourth-order valence-corrected chi connectivity index (χ4v) is 16.0. The Kier molecular flexibility index (Phi) is 16.4. The van der Waals surface area contributed by atoms with E-state index in [1.54, 1.807) is 0 Å². The number of aliphatic hydroxyl groups excluding tert-OH is 14. The predicted molar refractivity (Wildman–Crippen MR) is 245 cm³/mol. The molecule has 14 N–H and O–H groups in total. The van der Waals surface area contributed by atoms with Gasteiger partial charge in [0.2, 0.25) is 0 Å². The van der Waals surface area contributed by atoms with Crippen molar-refractivity contribution in [3.05, 3.63) is 0 Å². The number of rotatable bonds is 11. The highest BCUT2D eigenvalue weighted by atomic mass is 16.8. The van der Waals surface area contributed by atoms with Crippen LogP contribution in [-0.2, 0) is 47.4 Å². The monoisotopic (exact) mass is 1070 g/mol. The highest BCUT2D eigenvalue weighted by Crippen LogP contribution is 2.71. The molecular weight excluding hydrogens is 985 g/mol. The van der Waals surface area contributed by atoms with E-state index in [0.29, 0.717) is 25.4 Å². The van der Waals surface area contributed by atoms with Crippen LogP contribution in [0.2, 0.25) is 0 Å². The predicted octanol–water partition coefficient (Wildman–Crippen LogP) is -4.33. The summed E-state index contributed by atoms with van der Waals surface area (Å²) >= 11 is 0. The van der Waals surface area contributed by atoms with Crippen LogP contribution in [0, 0.1) is 52.3 Å². The summed E-state index contributed by atoms with van der Waals surface area (Å²) < 4.78 is 60.8. The Balaban J connectivity index is 0.830. The average Bonchev–Trinajstić information content (AvgIpc) is 3.79. The molecule has 24 heteroatoms. The standard InChI is InChI=1S/C50H82O24/c1-18-7-10-50(66-16-18)19(2)29-41(74-50)34(59)30-21-6-5-20-11-25(23(54)12-49(20,4)22(21)8-9-48(29,30)3)67-45-39(64)36(61)40(28(15-53)70-45)71-47-43(73-46-38(63)35(60)32(57)26(13-51)68-46)42(33(58)27(14-52)69-47)72-44-37(62)31(56)24(55)17-65-44/h18-47,51-64H,5-17H2,1-4H3/t18-,19?,20+,21?,22?,23-,24-,25-,26-,27-,28-,29?,30?,31+,32-,33-,34?,35+,36-,37-,38-,39-,40+,41?,42+,43-,44+,45-,46+,47+,48-,49?,50-/m1/s1. The zero-order chi connectivity index (χ0) is 53.1. The minimum atomic E-state index is -2.03. The van der Waals surface area contributed by atoms with E-state index < -0.39 is 167 Å². The molecule has 4 saturated carbocycles. The van der Waals surface area contributed by atoms with Gasteiger partial charge in [-0.2, -0.15) is 0 Å². The van der Waals surface area contributed by atoms with Crippen molar-refractivity contribution in [1.82, 2.24) is 0 Å². The summed E-state index contributed by atoms with van der Waals surface area (Å²) in [4.78, 5) is 0. The molecule has 10 fully saturated rings. The third kappa shape index (κ3) is 9.35. The smallest absolute Gasteiger partial charge is 0.187 e. The van der Waals surface area contributed by atoms with Crippen molar-refractivity contribution in [2.75, 3.05) is 33.0 Å². The van der Waals surface area contributed by atoms with Crippen molar-refractivity contribution in [2.24, 2.45) is 52.3 Å². The van der Waals surface area contributed by atoms with E-state index in [-0.39, 0.29) is 52.4 Å². The van der Waals surface area contributed by atoms with Crippen molar-refractivity contribution in [2.45, 2.75) is 226 Å². The lowest BCUT2D eigenvalue weighted by Gasteiger charge is -2.62. The summed E-state index contributed by atoms with van der Waals surface area (Å²) in [5.41, 5.74) is -0.460. The maximum Gasteiger partial charge on any atom is 0.187 e. The summed E-state index contributed by atoms with van der Waals surface area (Å²) in [6.45, 7) is 6.51. The molecule has 0 aromatic rings. The summed E-state index contributed by atoms with van der Waals surface area (Å²) in [6.07, 6.45) is -30.7. The molecule has 1 spiro atoms. The van der Waals surface area contributed by atoms with Gasteiger partial charge < -0.3 is 119 Å². The molecule has 4 aliphatic carbocycles. The molecule has 6 aliphatic heterocycles. The minimum absolute atomic E-state index is 0.0229. The van der Waals surface area contributed by atoms with Gasteiger partial charge in [0.15, 0.2) is 30.9 Å². The topological polar surface area (TPSA) is 376 Å². The van der Waals surface area contributed by atoms with Gasteiger partial charge in [-0.25, -0.2) is 0 Å². The van der Waals surface area contributed by atoms with E-state index in [1.807, 2.05) is 0 Å². The van der Waals surface area contributed by atoms with Crippen molar-refractivity contribution >= 4 is 0 Å². The van der Waals surface area contributed by atoms with E-state index in [1.165, 1.54) is 0 Å². The Hall–Kier alpha value is -0.960. The highest BCUT2D eigenvalue weighted by Gasteiger charge is 2.73. The summed E-state index contributed by atoms with van der Waals surface area (Å²) in [5, 5.41) is 154. The lowest BCUT2D eigenvalue weighted by molar-refractivity contribution is -0.404. The van der Waals surface area contributed by atoms with Crippen LogP contribution in [0.1, 0.15) is 79.1 Å². The third-order valence-electron chi connectivity index (χ3n) is 20.0. The van der Waals surface area contributed by atoms with Gasteiger partial charge in [-0.05, 0) is 85.4 Å². The van der Waals surface area contributed by atoms with E-state index >= 15 is 0 Å². The largest absolute Gasteiger partial charge is 0.394 e. The molecule has 0 bridgehead atoms. The number of ether oxygens (including phenoxy) is 10. The van der Waals surface area contributed by atoms with E-state index in [4.69, 9.17) is 47.4 Å². The van der Waals surface area contributed by atoms with Gasteiger partial charge in [-0.15, -0.1) is 0 Å². The number of hydrogen-bond donors (Lipinski definition) is 14. The first-order valence-corrected chi connectivity index (χ1v) is 26.9. The molecular formula is C50H82O24. The molecule has 24 nitrogen and oxygen atoms in total. The van der Waals surface area contributed by atoms with Gasteiger partial charge in [0.1, 0.15) is 91.6 Å². The van der Waals surface area contributed by atoms with Gasteiger partial charge in [-0.1, -0.05) is 27.7 Å². The molecule has 10 aliphatic rings. The molecule has 10 rings (SSSR count). The average molecular weight is 1070 g/mol. The second-order valence-corrected chi connectivity index (χ2v) is 24.1. The zero-order valence-corrected chi connectivity index (χ0v) is 42.4.